The molecule has 2 amide bonds. The van der Waals surface area contributed by atoms with E-state index in [1.807, 2.05) is 48.5 Å². The summed E-state index contributed by atoms with van der Waals surface area (Å²) in [6, 6.07) is 22.5. The second-order valence-corrected chi connectivity index (χ2v) is 6.04. The summed E-state index contributed by atoms with van der Waals surface area (Å²) < 4.78 is 0. The van der Waals surface area contributed by atoms with Crippen LogP contribution in [0.5, 0.6) is 0 Å². The first kappa shape index (κ1) is 17.6. The Kier molecular flexibility index (Phi) is 5.61. The van der Waals surface area contributed by atoms with Crippen molar-refractivity contribution in [3.8, 4) is 0 Å². The summed E-state index contributed by atoms with van der Waals surface area (Å²) in [5.74, 6) is -0.767. The predicted octanol–water partition coefficient (Wildman–Crippen LogP) is 2.65. The molecule has 26 heavy (non-hydrogen) atoms. The third kappa shape index (κ3) is 4.46. The van der Waals surface area contributed by atoms with Crippen LogP contribution < -0.4 is 10.9 Å². The van der Waals surface area contributed by atoms with E-state index >= 15 is 0 Å². The summed E-state index contributed by atoms with van der Waals surface area (Å²) in [5.41, 5.74) is 6.30. The number of carbonyl (C=O) groups excluding carboxylic acids is 2. The zero-order chi connectivity index (χ0) is 18.4. The maximum atomic E-state index is 12.1. The van der Waals surface area contributed by atoms with E-state index < -0.39 is 12.0 Å². The first-order chi connectivity index (χ1) is 12.6. The predicted molar refractivity (Wildman–Crippen MR) is 100.0 cm³/mol. The van der Waals surface area contributed by atoms with Crippen LogP contribution in [-0.2, 0) is 16.0 Å². The lowest BCUT2D eigenvalue weighted by Gasteiger charge is -2.12. The molecule has 0 aliphatic carbocycles. The first-order valence-corrected chi connectivity index (χ1v) is 8.41. The highest BCUT2D eigenvalue weighted by molar-refractivity contribution is 5.90. The highest BCUT2D eigenvalue weighted by Crippen LogP contribution is 2.19. The number of aliphatic hydroxyl groups excluding tert-OH is 1. The number of hydrazine groups is 1. The third-order valence-electron chi connectivity index (χ3n) is 4.14. The summed E-state index contributed by atoms with van der Waals surface area (Å²) in [7, 11) is 0. The molecular formula is C21H20N2O3. The SMILES string of the molecule is O=C(Cc1cccc2ccccc12)NNC(=O)CC(O)c1ccccc1. The Morgan fingerprint density at radius 2 is 1.46 bits per heavy atom. The van der Waals surface area contributed by atoms with Crippen molar-refractivity contribution in [2.24, 2.45) is 0 Å². The van der Waals surface area contributed by atoms with Crippen LogP contribution in [0.4, 0.5) is 0 Å². The first-order valence-electron chi connectivity index (χ1n) is 8.41. The van der Waals surface area contributed by atoms with Gasteiger partial charge in [0.15, 0.2) is 0 Å². The van der Waals surface area contributed by atoms with E-state index in [4.69, 9.17) is 0 Å². The van der Waals surface area contributed by atoms with Crippen molar-refractivity contribution < 1.29 is 14.7 Å². The molecule has 0 saturated carbocycles. The Morgan fingerprint density at radius 3 is 2.27 bits per heavy atom. The molecule has 0 aromatic heterocycles. The number of hydrogen-bond donors (Lipinski definition) is 3. The number of fused-ring (bicyclic) bond motifs is 1. The van der Waals surface area contributed by atoms with Gasteiger partial charge < -0.3 is 5.11 Å². The van der Waals surface area contributed by atoms with Crippen LogP contribution in [0.25, 0.3) is 10.8 Å². The molecule has 0 bridgehead atoms. The molecule has 5 nitrogen and oxygen atoms in total. The number of rotatable bonds is 5. The molecule has 3 aromatic rings. The van der Waals surface area contributed by atoms with Crippen LogP contribution in [0.3, 0.4) is 0 Å². The summed E-state index contributed by atoms with van der Waals surface area (Å²) in [4.78, 5) is 24.0. The zero-order valence-corrected chi connectivity index (χ0v) is 14.2. The Balaban J connectivity index is 1.53. The summed E-state index contributed by atoms with van der Waals surface area (Å²) in [6.07, 6.45) is -0.882. The van der Waals surface area contributed by atoms with Crippen molar-refractivity contribution in [1.82, 2.24) is 10.9 Å². The standard InChI is InChI=1S/C21H20N2O3/c24-19(16-8-2-1-3-9-16)14-21(26)23-22-20(25)13-17-11-6-10-15-7-4-5-12-18(15)17/h1-12,19,24H,13-14H2,(H,22,25)(H,23,26). The molecule has 132 valence electrons. The van der Waals surface area contributed by atoms with E-state index in [2.05, 4.69) is 10.9 Å². The minimum atomic E-state index is -0.911. The second kappa shape index (κ2) is 8.27. The average Bonchev–Trinajstić information content (AvgIpc) is 2.67. The summed E-state index contributed by atoms with van der Waals surface area (Å²) >= 11 is 0. The minimum absolute atomic E-state index is 0.126. The van der Waals surface area contributed by atoms with Crippen LogP contribution in [0.15, 0.2) is 72.8 Å². The Hall–Kier alpha value is -3.18. The maximum absolute atomic E-state index is 12.1. The molecule has 1 unspecified atom stereocenters. The molecule has 0 saturated heterocycles. The lowest BCUT2D eigenvalue weighted by atomic mass is 10.0. The highest BCUT2D eigenvalue weighted by Gasteiger charge is 2.13. The number of nitrogens with one attached hydrogen (secondary N) is 2. The van der Waals surface area contributed by atoms with Gasteiger partial charge in [-0.15, -0.1) is 0 Å². The van der Waals surface area contributed by atoms with Gasteiger partial charge in [-0.2, -0.15) is 0 Å². The number of carbonyl (C=O) groups is 2. The Morgan fingerprint density at radius 1 is 0.808 bits per heavy atom. The number of hydrogen-bond acceptors (Lipinski definition) is 3. The molecule has 0 aliphatic heterocycles. The fraction of sp³-hybridized carbons (Fsp3) is 0.143. The van der Waals surface area contributed by atoms with Crippen molar-refractivity contribution in [2.75, 3.05) is 0 Å². The molecular weight excluding hydrogens is 328 g/mol. The van der Waals surface area contributed by atoms with Gasteiger partial charge in [-0.05, 0) is 21.9 Å². The average molecular weight is 348 g/mol. The van der Waals surface area contributed by atoms with E-state index in [1.165, 1.54) is 0 Å². The molecule has 0 radical (unpaired) electrons. The van der Waals surface area contributed by atoms with Crippen LogP contribution in [0.1, 0.15) is 23.7 Å². The third-order valence-corrected chi connectivity index (χ3v) is 4.14. The fourth-order valence-corrected chi connectivity index (χ4v) is 2.82. The van der Waals surface area contributed by atoms with Gasteiger partial charge in [-0.25, -0.2) is 0 Å². The van der Waals surface area contributed by atoms with Gasteiger partial charge >= 0.3 is 0 Å². The van der Waals surface area contributed by atoms with Gasteiger partial charge in [0.05, 0.1) is 18.9 Å². The van der Waals surface area contributed by atoms with Crippen molar-refractivity contribution in [1.29, 1.82) is 0 Å². The van der Waals surface area contributed by atoms with Crippen LogP contribution >= 0.6 is 0 Å². The largest absolute Gasteiger partial charge is 0.388 e. The molecule has 3 rings (SSSR count). The lowest BCUT2D eigenvalue weighted by Crippen LogP contribution is -2.42. The number of aliphatic hydroxyl groups is 1. The maximum Gasteiger partial charge on any atom is 0.242 e. The normalized spacial score (nSPS) is 11.7. The quantitative estimate of drug-likeness (QED) is 0.620. The molecule has 1 atom stereocenters. The number of benzene rings is 3. The van der Waals surface area contributed by atoms with Gasteiger partial charge in [0.25, 0.3) is 0 Å². The van der Waals surface area contributed by atoms with Gasteiger partial charge in [0, 0.05) is 0 Å². The zero-order valence-electron chi connectivity index (χ0n) is 14.2. The van der Waals surface area contributed by atoms with Gasteiger partial charge in [0.1, 0.15) is 0 Å². The lowest BCUT2D eigenvalue weighted by molar-refractivity contribution is -0.129. The Labute approximate surface area is 151 Å². The van der Waals surface area contributed by atoms with E-state index in [-0.39, 0.29) is 18.7 Å². The molecule has 0 heterocycles. The topological polar surface area (TPSA) is 78.4 Å². The molecule has 0 spiro atoms. The molecule has 0 aliphatic rings. The van der Waals surface area contributed by atoms with Crippen LogP contribution in [-0.4, -0.2) is 16.9 Å². The van der Waals surface area contributed by atoms with Gasteiger partial charge in [-0.1, -0.05) is 72.8 Å². The molecule has 3 N–H and O–H groups in total. The second-order valence-electron chi connectivity index (χ2n) is 6.04. The van der Waals surface area contributed by atoms with Crippen molar-refractivity contribution in [2.45, 2.75) is 18.9 Å². The van der Waals surface area contributed by atoms with E-state index in [0.717, 1.165) is 16.3 Å². The van der Waals surface area contributed by atoms with Crippen molar-refractivity contribution in [3.63, 3.8) is 0 Å². The van der Waals surface area contributed by atoms with E-state index in [1.54, 1.807) is 24.3 Å². The monoisotopic (exact) mass is 348 g/mol. The molecule has 3 aromatic carbocycles. The summed E-state index contributed by atoms with van der Waals surface area (Å²) in [6.45, 7) is 0. The van der Waals surface area contributed by atoms with E-state index in [0.29, 0.717) is 5.56 Å². The van der Waals surface area contributed by atoms with Crippen molar-refractivity contribution >= 4 is 22.6 Å². The fourth-order valence-electron chi connectivity index (χ4n) is 2.82. The summed E-state index contributed by atoms with van der Waals surface area (Å²) in [5, 5.41) is 12.1. The Bertz CT molecular complexity index is 904. The van der Waals surface area contributed by atoms with Gasteiger partial charge in [0.2, 0.25) is 11.8 Å². The number of amides is 2. The van der Waals surface area contributed by atoms with Crippen LogP contribution in [0, 0.1) is 0 Å². The van der Waals surface area contributed by atoms with E-state index in [9.17, 15) is 14.7 Å². The molecule has 5 heteroatoms. The van der Waals surface area contributed by atoms with Crippen LogP contribution in [0.2, 0.25) is 0 Å². The highest BCUT2D eigenvalue weighted by atomic mass is 16.3. The van der Waals surface area contributed by atoms with Gasteiger partial charge in [-0.3, -0.25) is 20.4 Å². The minimum Gasteiger partial charge on any atom is -0.388 e. The molecule has 0 fully saturated rings. The smallest absolute Gasteiger partial charge is 0.242 e. The van der Waals surface area contributed by atoms with Crippen molar-refractivity contribution in [3.05, 3.63) is 83.9 Å².